The Balaban J connectivity index is 1.77. The van der Waals surface area contributed by atoms with Gasteiger partial charge in [-0.1, -0.05) is 12.1 Å². The van der Waals surface area contributed by atoms with Crippen LogP contribution in [0.3, 0.4) is 0 Å². The van der Waals surface area contributed by atoms with Crippen LogP contribution in [0.5, 0.6) is 5.75 Å². The molecule has 0 aromatic heterocycles. The van der Waals surface area contributed by atoms with Crippen LogP contribution in [0.15, 0.2) is 29.3 Å². The van der Waals surface area contributed by atoms with Crippen molar-refractivity contribution in [2.75, 3.05) is 33.3 Å². The SMILES string of the molecule is COc1cccc(C(C)NC(=O)C(C)C=NCCN2CCCC2)c1. The minimum absolute atomic E-state index is 0.00441. The Kier molecular flexibility index (Phi) is 7.25. The van der Waals surface area contributed by atoms with E-state index in [1.165, 1.54) is 25.9 Å². The van der Waals surface area contributed by atoms with Gasteiger partial charge in [0.05, 0.1) is 25.6 Å². The smallest absolute Gasteiger partial charge is 0.228 e. The van der Waals surface area contributed by atoms with E-state index >= 15 is 0 Å². The Hall–Kier alpha value is -1.88. The van der Waals surface area contributed by atoms with Gasteiger partial charge in [0.1, 0.15) is 5.75 Å². The van der Waals surface area contributed by atoms with Gasteiger partial charge < -0.3 is 15.0 Å². The molecular weight excluding hydrogens is 302 g/mol. The standard InChI is InChI=1S/C19H29N3O2/c1-15(14-20-9-12-22-10-4-5-11-22)19(23)21-16(2)17-7-6-8-18(13-17)24-3/h6-8,13-16H,4-5,9-12H2,1-3H3,(H,21,23). The van der Waals surface area contributed by atoms with Crippen molar-refractivity contribution in [3.63, 3.8) is 0 Å². The van der Waals surface area contributed by atoms with Gasteiger partial charge in [-0.3, -0.25) is 9.79 Å². The van der Waals surface area contributed by atoms with Gasteiger partial charge in [-0.2, -0.15) is 0 Å². The summed E-state index contributed by atoms with van der Waals surface area (Å²) < 4.78 is 5.23. The van der Waals surface area contributed by atoms with Crippen molar-refractivity contribution in [3.05, 3.63) is 29.8 Å². The van der Waals surface area contributed by atoms with Crippen molar-refractivity contribution in [1.29, 1.82) is 0 Å². The second-order valence-electron chi connectivity index (χ2n) is 6.40. The van der Waals surface area contributed by atoms with Crippen molar-refractivity contribution in [3.8, 4) is 5.75 Å². The molecular formula is C19H29N3O2. The van der Waals surface area contributed by atoms with Crippen LogP contribution in [0.25, 0.3) is 0 Å². The first-order valence-electron chi connectivity index (χ1n) is 8.77. The normalized spacial score (nSPS) is 17.8. The molecule has 5 heteroatoms. The molecule has 1 heterocycles. The zero-order valence-corrected chi connectivity index (χ0v) is 15.0. The number of ether oxygens (including phenoxy) is 1. The van der Waals surface area contributed by atoms with E-state index in [-0.39, 0.29) is 17.9 Å². The predicted molar refractivity (Wildman–Crippen MR) is 97.7 cm³/mol. The van der Waals surface area contributed by atoms with Crippen LogP contribution in [0.2, 0.25) is 0 Å². The lowest BCUT2D eigenvalue weighted by atomic mass is 10.1. The van der Waals surface area contributed by atoms with Gasteiger partial charge >= 0.3 is 0 Å². The number of carbonyl (C=O) groups excluding carboxylic acids is 1. The average Bonchev–Trinajstić information content (AvgIpc) is 3.11. The van der Waals surface area contributed by atoms with Crippen LogP contribution >= 0.6 is 0 Å². The molecule has 1 aliphatic rings. The molecule has 1 fully saturated rings. The summed E-state index contributed by atoms with van der Waals surface area (Å²) in [6.45, 7) is 7.98. The number of likely N-dealkylation sites (tertiary alicyclic amines) is 1. The molecule has 2 rings (SSSR count). The lowest BCUT2D eigenvalue weighted by Gasteiger charge is -2.17. The topological polar surface area (TPSA) is 53.9 Å². The molecule has 1 amide bonds. The molecule has 1 saturated heterocycles. The highest BCUT2D eigenvalue weighted by Crippen LogP contribution is 2.19. The third kappa shape index (κ3) is 5.64. The van der Waals surface area contributed by atoms with Crippen LogP contribution < -0.4 is 10.1 Å². The molecule has 5 nitrogen and oxygen atoms in total. The van der Waals surface area contributed by atoms with Crippen molar-refractivity contribution in [2.24, 2.45) is 10.9 Å². The van der Waals surface area contributed by atoms with Gasteiger partial charge in [0.15, 0.2) is 0 Å². The number of hydrogen-bond acceptors (Lipinski definition) is 4. The maximum Gasteiger partial charge on any atom is 0.228 e. The Morgan fingerprint density at radius 1 is 1.38 bits per heavy atom. The van der Waals surface area contributed by atoms with Crippen molar-refractivity contribution >= 4 is 12.1 Å². The number of carbonyl (C=O) groups is 1. The summed E-state index contributed by atoms with van der Waals surface area (Å²) in [5.41, 5.74) is 1.03. The summed E-state index contributed by atoms with van der Waals surface area (Å²) >= 11 is 0. The molecule has 1 N–H and O–H groups in total. The molecule has 0 aliphatic carbocycles. The van der Waals surface area contributed by atoms with E-state index in [0.717, 1.165) is 24.4 Å². The van der Waals surface area contributed by atoms with Gasteiger partial charge in [0.2, 0.25) is 5.91 Å². The van der Waals surface area contributed by atoms with Gasteiger partial charge in [0, 0.05) is 12.8 Å². The fourth-order valence-electron chi connectivity index (χ4n) is 2.84. The van der Waals surface area contributed by atoms with Crippen molar-refractivity contribution in [1.82, 2.24) is 10.2 Å². The zero-order chi connectivity index (χ0) is 17.4. The summed E-state index contributed by atoms with van der Waals surface area (Å²) in [5, 5.41) is 3.03. The first-order valence-corrected chi connectivity index (χ1v) is 8.77. The first-order chi connectivity index (χ1) is 11.6. The average molecular weight is 331 g/mol. The minimum atomic E-state index is -0.225. The molecule has 0 saturated carbocycles. The van der Waals surface area contributed by atoms with E-state index in [2.05, 4.69) is 15.2 Å². The summed E-state index contributed by atoms with van der Waals surface area (Å²) in [6, 6.07) is 7.70. The fraction of sp³-hybridized carbons (Fsp3) is 0.579. The summed E-state index contributed by atoms with van der Waals surface area (Å²) in [5.74, 6) is 0.567. The predicted octanol–water partition coefficient (Wildman–Crippen LogP) is 2.68. The molecule has 132 valence electrons. The number of rotatable bonds is 8. The third-order valence-electron chi connectivity index (χ3n) is 4.44. The lowest BCUT2D eigenvalue weighted by molar-refractivity contribution is -0.123. The van der Waals surface area contributed by atoms with Crippen LogP contribution in [-0.2, 0) is 4.79 Å². The van der Waals surface area contributed by atoms with Crippen LogP contribution in [0.4, 0.5) is 0 Å². The number of nitrogens with one attached hydrogen (secondary N) is 1. The number of hydrogen-bond donors (Lipinski definition) is 1. The molecule has 1 aromatic carbocycles. The second-order valence-corrected chi connectivity index (χ2v) is 6.40. The molecule has 0 radical (unpaired) electrons. The highest BCUT2D eigenvalue weighted by molar-refractivity contribution is 5.93. The van der Waals surface area contributed by atoms with Crippen molar-refractivity contribution < 1.29 is 9.53 Å². The summed E-state index contributed by atoms with van der Waals surface area (Å²) in [7, 11) is 1.64. The quantitative estimate of drug-likeness (QED) is 0.745. The van der Waals surface area contributed by atoms with E-state index in [0.29, 0.717) is 0 Å². The Morgan fingerprint density at radius 2 is 2.12 bits per heavy atom. The number of aliphatic imine (C=N–C) groups is 1. The minimum Gasteiger partial charge on any atom is -0.497 e. The molecule has 1 aromatic rings. The maximum atomic E-state index is 12.3. The summed E-state index contributed by atoms with van der Waals surface area (Å²) in [6.07, 6.45) is 4.36. The van der Waals surface area contributed by atoms with Crippen LogP contribution in [0.1, 0.15) is 38.3 Å². The molecule has 1 aliphatic heterocycles. The van der Waals surface area contributed by atoms with Crippen LogP contribution in [-0.4, -0.2) is 50.3 Å². The molecule has 2 atom stereocenters. The third-order valence-corrected chi connectivity index (χ3v) is 4.44. The highest BCUT2D eigenvalue weighted by atomic mass is 16.5. The Morgan fingerprint density at radius 3 is 2.83 bits per heavy atom. The van der Waals surface area contributed by atoms with E-state index in [4.69, 9.17) is 4.74 Å². The molecule has 24 heavy (non-hydrogen) atoms. The zero-order valence-electron chi connectivity index (χ0n) is 15.0. The Bertz CT molecular complexity index is 553. The van der Waals surface area contributed by atoms with E-state index in [9.17, 15) is 4.79 Å². The molecule has 0 spiro atoms. The highest BCUT2D eigenvalue weighted by Gasteiger charge is 2.15. The van der Waals surface area contributed by atoms with Gasteiger partial charge in [-0.05, 0) is 57.5 Å². The lowest BCUT2D eigenvalue weighted by Crippen LogP contribution is -2.32. The van der Waals surface area contributed by atoms with Gasteiger partial charge in [0.25, 0.3) is 0 Å². The molecule has 2 unspecified atom stereocenters. The largest absolute Gasteiger partial charge is 0.497 e. The summed E-state index contributed by atoms with van der Waals surface area (Å²) in [4.78, 5) is 19.1. The van der Waals surface area contributed by atoms with E-state index < -0.39 is 0 Å². The number of nitrogens with zero attached hydrogens (tertiary/aromatic N) is 2. The van der Waals surface area contributed by atoms with E-state index in [1.54, 1.807) is 13.3 Å². The Labute approximate surface area is 145 Å². The maximum absolute atomic E-state index is 12.3. The number of amides is 1. The van der Waals surface area contributed by atoms with Crippen molar-refractivity contribution in [2.45, 2.75) is 32.7 Å². The second kappa shape index (κ2) is 9.42. The monoisotopic (exact) mass is 331 g/mol. The number of methoxy groups -OCH3 is 1. The van der Waals surface area contributed by atoms with Crippen LogP contribution in [0, 0.1) is 5.92 Å². The van der Waals surface area contributed by atoms with E-state index in [1.807, 2.05) is 38.1 Å². The number of benzene rings is 1. The first kappa shape index (κ1) is 18.5. The molecule has 0 bridgehead atoms. The van der Waals surface area contributed by atoms with Gasteiger partial charge in [-0.15, -0.1) is 0 Å². The van der Waals surface area contributed by atoms with Gasteiger partial charge in [-0.25, -0.2) is 0 Å². The fourth-order valence-corrected chi connectivity index (χ4v) is 2.84.